The zero-order valence-corrected chi connectivity index (χ0v) is 13.3. The van der Waals surface area contributed by atoms with Crippen LogP contribution >= 0.6 is 0 Å². The molecule has 0 radical (unpaired) electrons. The number of nitrogens with zero attached hydrogens (tertiary/aromatic N) is 1. The van der Waals surface area contributed by atoms with Gasteiger partial charge >= 0.3 is 0 Å². The first-order valence-corrected chi connectivity index (χ1v) is 8.68. The van der Waals surface area contributed by atoms with Crippen LogP contribution in [0.5, 0.6) is 0 Å². The molecule has 2 fully saturated rings. The largest absolute Gasteiger partial charge is 0.314 e. The first-order chi connectivity index (χ1) is 9.20. The highest BCUT2D eigenvalue weighted by Gasteiger charge is 2.31. The lowest BCUT2D eigenvalue weighted by atomic mass is 10.0. The summed E-state index contributed by atoms with van der Waals surface area (Å²) < 4.78 is 0. The maximum absolute atomic E-state index is 3.72. The van der Waals surface area contributed by atoms with E-state index in [9.17, 15) is 0 Å². The van der Waals surface area contributed by atoms with Crippen LogP contribution in [-0.2, 0) is 0 Å². The molecule has 2 aliphatic rings. The van der Waals surface area contributed by atoms with E-state index in [0.717, 1.165) is 30.5 Å². The molecule has 0 aromatic heterocycles. The Bertz CT molecular complexity index is 246. The van der Waals surface area contributed by atoms with E-state index < -0.39 is 0 Å². The number of hydrogen-bond acceptors (Lipinski definition) is 2. The van der Waals surface area contributed by atoms with Gasteiger partial charge in [0.05, 0.1) is 0 Å². The van der Waals surface area contributed by atoms with E-state index in [-0.39, 0.29) is 0 Å². The van der Waals surface area contributed by atoms with Gasteiger partial charge in [0.25, 0.3) is 0 Å². The summed E-state index contributed by atoms with van der Waals surface area (Å²) in [4.78, 5) is 2.85. The molecule has 0 saturated heterocycles. The van der Waals surface area contributed by atoms with Crippen molar-refractivity contribution >= 4 is 0 Å². The molecule has 1 N–H and O–H groups in total. The van der Waals surface area contributed by atoms with Gasteiger partial charge in [-0.1, -0.05) is 40.0 Å². The topological polar surface area (TPSA) is 15.3 Å². The molecule has 112 valence electrons. The Hall–Kier alpha value is -0.0800. The molecule has 2 heteroatoms. The third-order valence-corrected chi connectivity index (χ3v) is 5.04. The van der Waals surface area contributed by atoms with Gasteiger partial charge in [-0.05, 0) is 44.1 Å². The molecule has 0 amide bonds. The molecule has 0 bridgehead atoms. The molecule has 0 aromatic carbocycles. The Labute approximate surface area is 120 Å². The van der Waals surface area contributed by atoms with Crippen molar-refractivity contribution < 1.29 is 0 Å². The SMILES string of the molecule is CCNC1CCCC1CN(CC(C)C)C1CCCC1. The van der Waals surface area contributed by atoms with Crippen molar-refractivity contribution in [2.45, 2.75) is 77.8 Å². The van der Waals surface area contributed by atoms with E-state index in [1.165, 1.54) is 58.0 Å². The highest BCUT2D eigenvalue weighted by molar-refractivity contribution is 4.88. The van der Waals surface area contributed by atoms with Crippen LogP contribution in [0.2, 0.25) is 0 Å². The second-order valence-electron chi connectivity index (χ2n) is 7.14. The Morgan fingerprint density at radius 1 is 1.05 bits per heavy atom. The van der Waals surface area contributed by atoms with Crippen LogP contribution in [0.4, 0.5) is 0 Å². The molecule has 0 spiro atoms. The smallest absolute Gasteiger partial charge is 0.0107 e. The average Bonchev–Trinajstić information content (AvgIpc) is 3.00. The fourth-order valence-corrected chi connectivity index (χ4v) is 4.20. The summed E-state index contributed by atoms with van der Waals surface area (Å²) >= 11 is 0. The minimum atomic E-state index is 0.793. The molecule has 2 rings (SSSR count). The molecule has 2 saturated carbocycles. The zero-order chi connectivity index (χ0) is 13.7. The molecular weight excluding hydrogens is 232 g/mol. The second kappa shape index (κ2) is 7.64. The summed E-state index contributed by atoms with van der Waals surface area (Å²) in [5.41, 5.74) is 0. The Kier molecular flexibility index (Phi) is 6.15. The standard InChI is InChI=1S/C17H34N2/c1-4-18-17-11-7-8-15(17)13-19(12-14(2)3)16-9-5-6-10-16/h14-18H,4-13H2,1-3H3. The molecule has 0 aromatic rings. The van der Waals surface area contributed by atoms with Crippen molar-refractivity contribution in [1.29, 1.82) is 0 Å². The van der Waals surface area contributed by atoms with Crippen LogP contribution in [0.15, 0.2) is 0 Å². The van der Waals surface area contributed by atoms with E-state index >= 15 is 0 Å². The summed E-state index contributed by atoms with van der Waals surface area (Å²) in [5.74, 6) is 1.71. The molecule has 0 aliphatic heterocycles. The van der Waals surface area contributed by atoms with Crippen LogP contribution in [0, 0.1) is 11.8 Å². The van der Waals surface area contributed by atoms with E-state index in [4.69, 9.17) is 0 Å². The van der Waals surface area contributed by atoms with Crippen molar-refractivity contribution in [3.05, 3.63) is 0 Å². The van der Waals surface area contributed by atoms with E-state index in [1.54, 1.807) is 0 Å². The number of rotatable bonds is 7. The highest BCUT2D eigenvalue weighted by atomic mass is 15.2. The zero-order valence-electron chi connectivity index (χ0n) is 13.3. The van der Waals surface area contributed by atoms with E-state index in [1.807, 2.05) is 0 Å². The second-order valence-corrected chi connectivity index (χ2v) is 7.14. The van der Waals surface area contributed by atoms with Crippen LogP contribution in [0.3, 0.4) is 0 Å². The predicted octanol–water partition coefficient (Wildman–Crippen LogP) is 3.67. The van der Waals surface area contributed by atoms with Crippen molar-refractivity contribution in [3.8, 4) is 0 Å². The van der Waals surface area contributed by atoms with Crippen molar-refractivity contribution in [3.63, 3.8) is 0 Å². The van der Waals surface area contributed by atoms with Gasteiger partial charge in [-0.3, -0.25) is 4.90 Å². The molecule has 2 atom stereocenters. The van der Waals surface area contributed by atoms with E-state index in [2.05, 4.69) is 31.0 Å². The fraction of sp³-hybridized carbons (Fsp3) is 1.00. The Balaban J connectivity index is 1.90. The lowest BCUT2D eigenvalue weighted by Gasteiger charge is -2.34. The monoisotopic (exact) mass is 266 g/mol. The minimum Gasteiger partial charge on any atom is -0.314 e. The summed E-state index contributed by atoms with van der Waals surface area (Å²) in [7, 11) is 0. The number of nitrogens with one attached hydrogen (secondary N) is 1. The van der Waals surface area contributed by atoms with Gasteiger partial charge in [-0.2, -0.15) is 0 Å². The molecule has 2 aliphatic carbocycles. The molecule has 2 unspecified atom stereocenters. The van der Waals surface area contributed by atoms with Gasteiger partial charge in [0.1, 0.15) is 0 Å². The van der Waals surface area contributed by atoms with Crippen LogP contribution < -0.4 is 5.32 Å². The van der Waals surface area contributed by atoms with Crippen LogP contribution in [0.1, 0.15) is 65.7 Å². The predicted molar refractivity (Wildman–Crippen MR) is 83.5 cm³/mol. The molecule has 0 heterocycles. The maximum Gasteiger partial charge on any atom is 0.0107 e. The molecular formula is C17H34N2. The number of hydrogen-bond donors (Lipinski definition) is 1. The van der Waals surface area contributed by atoms with Gasteiger partial charge < -0.3 is 5.32 Å². The van der Waals surface area contributed by atoms with Gasteiger partial charge in [0.15, 0.2) is 0 Å². The van der Waals surface area contributed by atoms with Crippen molar-refractivity contribution in [2.24, 2.45) is 11.8 Å². The lowest BCUT2D eigenvalue weighted by Crippen LogP contribution is -2.44. The third-order valence-electron chi connectivity index (χ3n) is 5.04. The van der Waals surface area contributed by atoms with Crippen LogP contribution in [0.25, 0.3) is 0 Å². The maximum atomic E-state index is 3.72. The minimum absolute atomic E-state index is 0.793. The normalized spacial score (nSPS) is 28.9. The van der Waals surface area contributed by atoms with Crippen molar-refractivity contribution in [2.75, 3.05) is 19.6 Å². The average molecular weight is 266 g/mol. The van der Waals surface area contributed by atoms with Gasteiger partial charge in [0, 0.05) is 25.2 Å². The first kappa shape index (κ1) is 15.3. The fourth-order valence-electron chi connectivity index (χ4n) is 4.20. The Morgan fingerprint density at radius 3 is 2.42 bits per heavy atom. The van der Waals surface area contributed by atoms with Gasteiger partial charge in [-0.15, -0.1) is 0 Å². The summed E-state index contributed by atoms with van der Waals surface area (Å²) in [6.07, 6.45) is 10.1. The summed E-state index contributed by atoms with van der Waals surface area (Å²) in [5, 5.41) is 3.72. The quantitative estimate of drug-likeness (QED) is 0.756. The lowest BCUT2D eigenvalue weighted by molar-refractivity contribution is 0.142. The van der Waals surface area contributed by atoms with Crippen molar-refractivity contribution in [1.82, 2.24) is 10.2 Å². The highest BCUT2D eigenvalue weighted by Crippen LogP contribution is 2.30. The van der Waals surface area contributed by atoms with Gasteiger partial charge in [0.2, 0.25) is 0 Å². The molecule has 19 heavy (non-hydrogen) atoms. The Morgan fingerprint density at radius 2 is 1.79 bits per heavy atom. The first-order valence-electron chi connectivity index (χ1n) is 8.68. The summed E-state index contributed by atoms with van der Waals surface area (Å²) in [6.45, 7) is 10.8. The van der Waals surface area contributed by atoms with Gasteiger partial charge in [-0.25, -0.2) is 0 Å². The summed E-state index contributed by atoms with van der Waals surface area (Å²) in [6, 6.07) is 1.69. The van der Waals surface area contributed by atoms with Crippen LogP contribution in [-0.4, -0.2) is 36.6 Å². The molecule has 2 nitrogen and oxygen atoms in total. The third kappa shape index (κ3) is 4.46. The van der Waals surface area contributed by atoms with E-state index in [0.29, 0.717) is 0 Å².